The molecule has 0 amide bonds. The van der Waals surface area contributed by atoms with Crippen LogP contribution in [0.5, 0.6) is 0 Å². The van der Waals surface area contributed by atoms with E-state index in [2.05, 4.69) is 9.82 Å². The number of rotatable bonds is 7. The Hall–Kier alpha value is -1.70. The van der Waals surface area contributed by atoms with Crippen LogP contribution in [-0.4, -0.2) is 35.6 Å². The van der Waals surface area contributed by atoms with Crippen LogP contribution >= 0.6 is 0 Å². The average molecular weight is 336 g/mol. The Kier molecular flexibility index (Phi) is 5.56. The molecule has 126 valence electrons. The molecule has 0 aliphatic heterocycles. The fourth-order valence-electron chi connectivity index (χ4n) is 2.57. The van der Waals surface area contributed by atoms with Crippen LogP contribution in [0, 0.1) is 13.8 Å². The molecule has 2 aromatic rings. The van der Waals surface area contributed by atoms with Crippen molar-refractivity contribution in [3.05, 3.63) is 47.3 Å². The van der Waals surface area contributed by atoms with Gasteiger partial charge >= 0.3 is 0 Å². The molecule has 7 heteroatoms. The second kappa shape index (κ2) is 7.25. The van der Waals surface area contributed by atoms with Crippen LogP contribution in [0.3, 0.4) is 0 Å². The molecule has 0 radical (unpaired) electrons. The van der Waals surface area contributed by atoms with Gasteiger partial charge in [0.1, 0.15) is 0 Å². The first-order chi connectivity index (χ1) is 10.9. The van der Waals surface area contributed by atoms with Crippen LogP contribution in [0.2, 0.25) is 0 Å². The lowest BCUT2D eigenvalue weighted by molar-refractivity contribution is 0.434. The average Bonchev–Trinajstić information content (AvgIpc) is 2.82. The summed E-state index contributed by atoms with van der Waals surface area (Å²) in [7, 11) is -3.46. The topological polar surface area (TPSA) is 67.2 Å². The number of hydrogen-bond donors (Lipinski definition) is 1. The Balaban J connectivity index is 2.24. The number of nitrogens with one attached hydrogen (secondary N) is 1. The van der Waals surface area contributed by atoms with Gasteiger partial charge in [-0.05, 0) is 26.0 Å². The lowest BCUT2D eigenvalue weighted by Gasteiger charge is -2.18. The number of hydrogen-bond acceptors (Lipinski definition) is 3. The lowest BCUT2D eigenvalue weighted by atomic mass is 10.2. The van der Waals surface area contributed by atoms with Gasteiger partial charge in [-0.1, -0.05) is 32.0 Å². The van der Waals surface area contributed by atoms with Crippen LogP contribution in [-0.2, 0) is 16.8 Å². The van der Waals surface area contributed by atoms with E-state index in [0.717, 1.165) is 22.6 Å². The summed E-state index contributed by atoms with van der Waals surface area (Å²) >= 11 is 0. The molecule has 1 heterocycles. The Morgan fingerprint density at radius 2 is 1.74 bits per heavy atom. The van der Waals surface area contributed by atoms with Gasteiger partial charge in [-0.2, -0.15) is 22.5 Å². The summed E-state index contributed by atoms with van der Waals surface area (Å²) in [6.45, 7) is 8.64. The van der Waals surface area contributed by atoms with E-state index < -0.39 is 10.2 Å². The minimum Gasteiger partial charge on any atom is -0.238 e. The summed E-state index contributed by atoms with van der Waals surface area (Å²) in [6.07, 6.45) is 0. The molecule has 6 nitrogen and oxygen atoms in total. The normalized spacial score (nSPS) is 12.0. The fraction of sp³-hybridized carbons (Fsp3) is 0.438. The highest BCUT2D eigenvalue weighted by Gasteiger charge is 2.20. The van der Waals surface area contributed by atoms with Crippen LogP contribution in [0.25, 0.3) is 5.69 Å². The first kappa shape index (κ1) is 17.7. The monoisotopic (exact) mass is 336 g/mol. The highest BCUT2D eigenvalue weighted by atomic mass is 32.2. The van der Waals surface area contributed by atoms with Crippen molar-refractivity contribution in [3.63, 3.8) is 0 Å². The van der Waals surface area contributed by atoms with Crippen molar-refractivity contribution in [3.8, 4) is 5.69 Å². The van der Waals surface area contributed by atoms with Gasteiger partial charge in [0.05, 0.1) is 11.4 Å². The van der Waals surface area contributed by atoms with Gasteiger partial charge in [-0.15, -0.1) is 0 Å². The van der Waals surface area contributed by atoms with E-state index in [4.69, 9.17) is 0 Å². The zero-order valence-electron chi connectivity index (χ0n) is 14.1. The maximum atomic E-state index is 12.3. The third-order valence-electron chi connectivity index (χ3n) is 3.92. The first-order valence-electron chi connectivity index (χ1n) is 7.76. The van der Waals surface area contributed by atoms with Crippen LogP contribution in [0.1, 0.15) is 30.8 Å². The van der Waals surface area contributed by atoms with Crippen LogP contribution < -0.4 is 4.72 Å². The summed E-state index contributed by atoms with van der Waals surface area (Å²) in [5.41, 5.74) is 3.64. The highest BCUT2D eigenvalue weighted by molar-refractivity contribution is 7.87. The molecule has 23 heavy (non-hydrogen) atoms. The molecule has 0 saturated carbocycles. The zero-order valence-corrected chi connectivity index (χ0v) is 14.9. The maximum absolute atomic E-state index is 12.3. The Morgan fingerprint density at radius 1 is 1.13 bits per heavy atom. The molecular formula is C16H24N4O2S. The number of nitrogens with zero attached hydrogens (tertiary/aromatic N) is 3. The number of para-hydroxylation sites is 1. The SMILES string of the molecule is CCN(CC)S(=O)(=O)NCc1c(C)nn(-c2ccccc2)c1C. The van der Waals surface area contributed by atoms with Gasteiger partial charge in [0, 0.05) is 30.9 Å². The molecular weight excluding hydrogens is 312 g/mol. The minimum atomic E-state index is -3.46. The van der Waals surface area contributed by atoms with E-state index in [1.54, 1.807) is 0 Å². The quantitative estimate of drug-likeness (QED) is 0.842. The predicted molar refractivity (Wildman–Crippen MR) is 91.7 cm³/mol. The van der Waals surface area contributed by atoms with Gasteiger partial charge in [0.15, 0.2) is 0 Å². The van der Waals surface area contributed by atoms with Crippen molar-refractivity contribution >= 4 is 10.2 Å². The molecule has 2 rings (SSSR count). The number of benzene rings is 1. The summed E-state index contributed by atoms with van der Waals surface area (Å²) in [4.78, 5) is 0. The Bertz CT molecular complexity index is 750. The molecule has 0 fully saturated rings. The van der Waals surface area contributed by atoms with E-state index in [1.165, 1.54) is 4.31 Å². The van der Waals surface area contributed by atoms with Crippen LogP contribution in [0.15, 0.2) is 30.3 Å². The first-order valence-corrected chi connectivity index (χ1v) is 9.20. The van der Waals surface area contributed by atoms with Gasteiger partial charge in [-0.3, -0.25) is 0 Å². The molecule has 0 unspecified atom stereocenters. The second-order valence-electron chi connectivity index (χ2n) is 5.31. The second-order valence-corrected chi connectivity index (χ2v) is 7.06. The summed E-state index contributed by atoms with van der Waals surface area (Å²) in [6, 6.07) is 9.81. The molecule has 0 saturated heterocycles. The zero-order chi connectivity index (χ0) is 17.0. The largest absolute Gasteiger partial charge is 0.279 e. The third-order valence-corrected chi connectivity index (χ3v) is 5.62. The van der Waals surface area contributed by atoms with Gasteiger partial charge < -0.3 is 0 Å². The van der Waals surface area contributed by atoms with E-state index in [1.807, 2.05) is 62.7 Å². The standard InChI is InChI=1S/C16H24N4O2S/c1-5-19(6-2)23(21,22)17-12-16-13(3)18-20(14(16)4)15-10-8-7-9-11-15/h7-11,17H,5-6,12H2,1-4H3. The number of aryl methyl sites for hydroxylation is 1. The van der Waals surface area contributed by atoms with E-state index >= 15 is 0 Å². The fourth-order valence-corrected chi connectivity index (χ4v) is 3.76. The molecule has 0 bridgehead atoms. The lowest BCUT2D eigenvalue weighted by Crippen LogP contribution is -2.40. The maximum Gasteiger partial charge on any atom is 0.279 e. The van der Waals surface area contributed by atoms with E-state index in [0.29, 0.717) is 13.1 Å². The summed E-state index contributed by atoms with van der Waals surface area (Å²) in [5, 5.41) is 4.53. The molecule has 1 aromatic carbocycles. The van der Waals surface area contributed by atoms with E-state index in [-0.39, 0.29) is 6.54 Å². The van der Waals surface area contributed by atoms with Crippen molar-refractivity contribution in [2.45, 2.75) is 34.2 Å². The van der Waals surface area contributed by atoms with Gasteiger partial charge in [-0.25, -0.2) is 4.68 Å². The van der Waals surface area contributed by atoms with Crippen molar-refractivity contribution in [1.29, 1.82) is 0 Å². The van der Waals surface area contributed by atoms with E-state index in [9.17, 15) is 8.42 Å². The molecule has 0 spiro atoms. The predicted octanol–water partition coefficient (Wildman–Crippen LogP) is 2.17. The summed E-state index contributed by atoms with van der Waals surface area (Å²) < 4.78 is 30.4. The third kappa shape index (κ3) is 3.80. The Labute approximate surface area is 138 Å². The van der Waals surface area contributed by atoms with Crippen molar-refractivity contribution in [1.82, 2.24) is 18.8 Å². The molecule has 1 N–H and O–H groups in total. The van der Waals surface area contributed by atoms with Crippen molar-refractivity contribution < 1.29 is 8.42 Å². The molecule has 0 atom stereocenters. The van der Waals surface area contributed by atoms with Crippen molar-refractivity contribution in [2.24, 2.45) is 0 Å². The summed E-state index contributed by atoms with van der Waals surface area (Å²) in [5.74, 6) is 0. The van der Waals surface area contributed by atoms with Gasteiger partial charge in [0.25, 0.3) is 10.2 Å². The molecule has 1 aromatic heterocycles. The highest BCUT2D eigenvalue weighted by Crippen LogP contribution is 2.18. The Morgan fingerprint density at radius 3 is 2.30 bits per heavy atom. The number of aromatic nitrogens is 2. The van der Waals surface area contributed by atoms with Gasteiger partial charge in [0.2, 0.25) is 0 Å². The van der Waals surface area contributed by atoms with Crippen LogP contribution in [0.4, 0.5) is 0 Å². The minimum absolute atomic E-state index is 0.239. The molecule has 0 aliphatic rings. The van der Waals surface area contributed by atoms with Crippen molar-refractivity contribution in [2.75, 3.05) is 13.1 Å². The smallest absolute Gasteiger partial charge is 0.238 e. The molecule has 0 aliphatic carbocycles.